The van der Waals surface area contributed by atoms with Crippen LogP contribution >= 0.6 is 0 Å². The van der Waals surface area contributed by atoms with Crippen LogP contribution in [0.1, 0.15) is 32.5 Å². The van der Waals surface area contributed by atoms with Gasteiger partial charge in [0, 0.05) is 28.0 Å². The Morgan fingerprint density at radius 3 is 2.85 bits per heavy atom. The molecule has 2 aromatic carbocycles. The predicted molar refractivity (Wildman–Crippen MR) is 97.4 cm³/mol. The second-order valence-corrected chi connectivity index (χ2v) is 7.03. The first kappa shape index (κ1) is 16.2. The van der Waals surface area contributed by atoms with Crippen molar-refractivity contribution in [2.45, 2.75) is 32.1 Å². The zero-order chi connectivity index (χ0) is 18.5. The molecule has 0 radical (unpaired) electrons. The van der Waals surface area contributed by atoms with E-state index in [1.807, 2.05) is 13.8 Å². The van der Waals surface area contributed by atoms with Crippen LogP contribution in [-0.4, -0.2) is 20.2 Å². The lowest BCUT2D eigenvalue weighted by molar-refractivity contribution is 0.462. The van der Waals surface area contributed by atoms with Crippen LogP contribution in [0.3, 0.4) is 0 Å². The normalized spacial score (nSPS) is 12.1. The molecule has 0 bridgehead atoms. The van der Waals surface area contributed by atoms with Crippen LogP contribution in [0.15, 0.2) is 29.2 Å². The van der Waals surface area contributed by atoms with E-state index in [0.717, 1.165) is 5.82 Å². The van der Waals surface area contributed by atoms with Gasteiger partial charge in [-0.05, 0) is 24.6 Å². The van der Waals surface area contributed by atoms with Crippen LogP contribution in [0.5, 0.6) is 0 Å². The molecule has 130 valence electrons. The van der Waals surface area contributed by atoms with E-state index in [-0.39, 0.29) is 11.0 Å². The average molecular weight is 349 g/mol. The standard InChI is InChI=1S/C19H16FN5O/c1-19(2,6-3-7-21)18-23-15-11-5-4-10(20)8-12(11)14-13(16(15)24-18)9-22-25-17(14)26/h4-5,8-9H,3,6H2,1-2H3,(H,23,24)(H,25,26). The minimum atomic E-state index is -0.417. The first-order chi connectivity index (χ1) is 12.4. The van der Waals surface area contributed by atoms with Gasteiger partial charge in [-0.15, -0.1) is 0 Å². The highest BCUT2D eigenvalue weighted by Gasteiger charge is 2.26. The summed E-state index contributed by atoms with van der Waals surface area (Å²) in [5.74, 6) is 0.306. The van der Waals surface area contributed by atoms with Gasteiger partial charge in [-0.1, -0.05) is 13.8 Å². The highest BCUT2D eigenvalue weighted by Crippen LogP contribution is 2.35. The molecular formula is C19H16FN5O. The van der Waals surface area contributed by atoms with Gasteiger partial charge in [0.25, 0.3) is 5.56 Å². The molecule has 4 rings (SSSR count). The second-order valence-electron chi connectivity index (χ2n) is 7.03. The van der Waals surface area contributed by atoms with Crippen LogP contribution in [0.25, 0.3) is 32.6 Å². The fourth-order valence-electron chi connectivity index (χ4n) is 3.36. The number of nitrogens with zero attached hydrogens (tertiary/aromatic N) is 3. The molecule has 4 aromatic rings. The Hall–Kier alpha value is -3.27. The number of fused-ring (bicyclic) bond motifs is 6. The predicted octanol–water partition coefficient (Wildman–Crippen LogP) is 3.67. The molecule has 0 unspecified atom stereocenters. The van der Waals surface area contributed by atoms with Crippen molar-refractivity contribution in [2.24, 2.45) is 0 Å². The molecule has 0 saturated heterocycles. The summed E-state index contributed by atoms with van der Waals surface area (Å²) < 4.78 is 13.8. The summed E-state index contributed by atoms with van der Waals surface area (Å²) in [6.45, 7) is 4.02. The number of hydrogen-bond donors (Lipinski definition) is 2. The first-order valence-electron chi connectivity index (χ1n) is 8.28. The number of nitrogens with one attached hydrogen (secondary N) is 2. The third-order valence-electron chi connectivity index (χ3n) is 4.84. The van der Waals surface area contributed by atoms with Gasteiger partial charge in [-0.3, -0.25) is 4.79 Å². The molecular weight excluding hydrogens is 333 g/mol. The van der Waals surface area contributed by atoms with E-state index in [0.29, 0.717) is 45.4 Å². The van der Waals surface area contributed by atoms with E-state index in [1.165, 1.54) is 12.1 Å². The highest BCUT2D eigenvalue weighted by atomic mass is 19.1. The SMILES string of the molecule is CC(C)(CCC#N)c1nc2c3ccc(F)cc3c3c(=O)[nH]ncc3c2[nH]1. The van der Waals surface area contributed by atoms with E-state index >= 15 is 0 Å². The Morgan fingerprint density at radius 2 is 2.08 bits per heavy atom. The maximum Gasteiger partial charge on any atom is 0.272 e. The highest BCUT2D eigenvalue weighted by molar-refractivity contribution is 6.22. The Kier molecular flexibility index (Phi) is 3.51. The summed E-state index contributed by atoms with van der Waals surface area (Å²) in [7, 11) is 0. The van der Waals surface area contributed by atoms with Crippen LogP contribution in [0, 0.1) is 17.1 Å². The number of rotatable bonds is 3. The van der Waals surface area contributed by atoms with Gasteiger partial charge in [0.05, 0.1) is 28.7 Å². The molecule has 26 heavy (non-hydrogen) atoms. The average Bonchev–Trinajstić information content (AvgIpc) is 3.06. The van der Waals surface area contributed by atoms with Gasteiger partial charge < -0.3 is 4.98 Å². The van der Waals surface area contributed by atoms with Crippen molar-refractivity contribution in [3.63, 3.8) is 0 Å². The summed E-state index contributed by atoms with van der Waals surface area (Å²) in [5.41, 5.74) is 0.639. The molecule has 0 aliphatic heterocycles. The van der Waals surface area contributed by atoms with Crippen molar-refractivity contribution >= 4 is 32.6 Å². The van der Waals surface area contributed by atoms with Crippen LogP contribution in [-0.2, 0) is 5.41 Å². The zero-order valence-corrected chi connectivity index (χ0v) is 14.4. The maximum atomic E-state index is 13.8. The van der Waals surface area contributed by atoms with Gasteiger partial charge in [-0.25, -0.2) is 14.5 Å². The Labute approximate surface area is 147 Å². The number of benzene rings is 2. The fourth-order valence-corrected chi connectivity index (χ4v) is 3.36. The summed E-state index contributed by atoms with van der Waals surface area (Å²) in [6.07, 6.45) is 2.61. The first-order valence-corrected chi connectivity index (χ1v) is 8.28. The Morgan fingerprint density at radius 1 is 1.27 bits per heavy atom. The van der Waals surface area contributed by atoms with Crippen molar-refractivity contribution in [2.75, 3.05) is 0 Å². The number of aromatic nitrogens is 4. The van der Waals surface area contributed by atoms with Crippen molar-refractivity contribution in [3.8, 4) is 6.07 Å². The second kappa shape index (κ2) is 5.63. The number of H-pyrrole nitrogens is 2. The van der Waals surface area contributed by atoms with Crippen molar-refractivity contribution in [3.05, 3.63) is 46.4 Å². The van der Waals surface area contributed by atoms with Crippen molar-refractivity contribution in [1.82, 2.24) is 20.2 Å². The van der Waals surface area contributed by atoms with Gasteiger partial charge in [0.15, 0.2) is 0 Å². The third kappa shape index (κ3) is 2.34. The largest absolute Gasteiger partial charge is 0.341 e. The van der Waals surface area contributed by atoms with E-state index in [2.05, 4.69) is 21.3 Å². The Balaban J connectivity index is 2.15. The minimum absolute atomic E-state index is 0.345. The topological polar surface area (TPSA) is 98.2 Å². The summed E-state index contributed by atoms with van der Waals surface area (Å²) in [4.78, 5) is 20.4. The quantitative estimate of drug-likeness (QED) is 0.551. The molecule has 0 aliphatic rings. The number of hydrogen-bond acceptors (Lipinski definition) is 4. The van der Waals surface area contributed by atoms with E-state index in [9.17, 15) is 9.18 Å². The van der Waals surface area contributed by atoms with Crippen LogP contribution in [0.2, 0.25) is 0 Å². The number of nitriles is 1. The molecule has 0 spiro atoms. The lowest BCUT2D eigenvalue weighted by atomic mass is 9.87. The molecule has 0 aliphatic carbocycles. The van der Waals surface area contributed by atoms with Gasteiger partial charge >= 0.3 is 0 Å². The lowest BCUT2D eigenvalue weighted by Gasteiger charge is -2.20. The molecule has 2 aromatic heterocycles. The molecule has 0 atom stereocenters. The molecule has 2 N–H and O–H groups in total. The smallest absolute Gasteiger partial charge is 0.272 e. The summed E-state index contributed by atoms with van der Waals surface area (Å²) >= 11 is 0. The molecule has 6 nitrogen and oxygen atoms in total. The molecule has 7 heteroatoms. The Bertz CT molecular complexity index is 1260. The number of halogens is 1. The van der Waals surface area contributed by atoms with Crippen molar-refractivity contribution in [1.29, 1.82) is 5.26 Å². The van der Waals surface area contributed by atoms with E-state index < -0.39 is 5.82 Å². The molecule has 0 saturated carbocycles. The number of aromatic amines is 2. The van der Waals surface area contributed by atoms with Gasteiger partial charge in [0.2, 0.25) is 0 Å². The lowest BCUT2D eigenvalue weighted by Crippen LogP contribution is -2.18. The molecule has 2 heterocycles. The van der Waals surface area contributed by atoms with E-state index in [4.69, 9.17) is 10.2 Å². The van der Waals surface area contributed by atoms with Gasteiger partial charge in [0.1, 0.15) is 11.6 Å². The molecule has 0 fully saturated rings. The third-order valence-corrected chi connectivity index (χ3v) is 4.84. The minimum Gasteiger partial charge on any atom is -0.341 e. The fraction of sp³-hybridized carbons (Fsp3) is 0.263. The summed E-state index contributed by atoms with van der Waals surface area (Å²) in [6, 6.07) is 6.51. The number of imidazole rings is 1. The molecule has 0 amide bonds. The van der Waals surface area contributed by atoms with Gasteiger partial charge in [-0.2, -0.15) is 10.4 Å². The maximum absolute atomic E-state index is 13.8. The summed E-state index contributed by atoms with van der Waals surface area (Å²) in [5, 5.41) is 17.4. The van der Waals surface area contributed by atoms with Crippen molar-refractivity contribution < 1.29 is 4.39 Å². The monoisotopic (exact) mass is 349 g/mol. The van der Waals surface area contributed by atoms with Crippen LogP contribution in [0.4, 0.5) is 4.39 Å². The van der Waals surface area contributed by atoms with E-state index in [1.54, 1.807) is 12.3 Å². The van der Waals surface area contributed by atoms with Crippen LogP contribution < -0.4 is 5.56 Å². The zero-order valence-electron chi connectivity index (χ0n) is 14.4.